The van der Waals surface area contributed by atoms with E-state index < -0.39 is 0 Å². The normalized spacial score (nSPS) is 22.9. The molecule has 1 amide bonds. The molecule has 0 saturated carbocycles. The van der Waals surface area contributed by atoms with Gasteiger partial charge >= 0.3 is 0 Å². The molecular weight excluding hydrogens is 330 g/mol. The molecule has 6 heteroatoms. The van der Waals surface area contributed by atoms with Gasteiger partial charge in [-0.3, -0.25) is 9.59 Å². The van der Waals surface area contributed by atoms with Crippen LogP contribution in [0.2, 0.25) is 0 Å². The predicted octanol–water partition coefficient (Wildman–Crippen LogP) is 1.94. The monoisotopic (exact) mass is 353 g/mol. The van der Waals surface area contributed by atoms with Gasteiger partial charge in [0.1, 0.15) is 0 Å². The molecule has 1 spiro atoms. The molecule has 2 fully saturated rings. The summed E-state index contributed by atoms with van der Waals surface area (Å²) in [5, 5.41) is 4.48. The van der Waals surface area contributed by atoms with Crippen LogP contribution in [0.15, 0.2) is 47.3 Å². The fraction of sp³-hybridized carbons (Fsp3) is 0.450. The minimum absolute atomic E-state index is 0.109. The highest BCUT2D eigenvalue weighted by molar-refractivity contribution is 5.77. The zero-order valence-electron chi connectivity index (χ0n) is 14.8. The maximum atomic E-state index is 12.3. The van der Waals surface area contributed by atoms with E-state index >= 15 is 0 Å². The fourth-order valence-corrected chi connectivity index (χ4v) is 3.86. The third-order valence-corrected chi connectivity index (χ3v) is 5.45. The lowest BCUT2D eigenvalue weighted by Gasteiger charge is -2.39. The van der Waals surface area contributed by atoms with Crippen LogP contribution in [0.4, 0.5) is 0 Å². The topological polar surface area (TPSA) is 64.4 Å². The molecule has 1 aromatic heterocycles. The second-order valence-electron chi connectivity index (χ2n) is 7.26. The first-order chi connectivity index (χ1) is 12.7. The number of carbonyl (C=O) groups excluding carboxylic acids is 1. The van der Waals surface area contributed by atoms with Gasteiger partial charge in [0, 0.05) is 43.2 Å². The van der Waals surface area contributed by atoms with Crippen LogP contribution in [0, 0.1) is 5.41 Å². The number of amides is 1. The Balaban J connectivity index is 1.48. The van der Waals surface area contributed by atoms with Gasteiger partial charge in [0.2, 0.25) is 5.91 Å². The SMILES string of the molecule is O=C1CC[C@]2(CCOC2)CN1CCn1nc(-c2ccccc2)ccc1=O. The summed E-state index contributed by atoms with van der Waals surface area (Å²) in [5.41, 5.74) is 1.69. The van der Waals surface area contributed by atoms with Crippen molar-refractivity contribution >= 4 is 5.91 Å². The average molecular weight is 353 g/mol. The summed E-state index contributed by atoms with van der Waals surface area (Å²) in [5.74, 6) is 0.162. The molecule has 1 aromatic carbocycles. The standard InChI is InChI=1S/C20H23N3O3/c24-18-8-9-20(10-13-26-15-20)14-22(18)11-12-23-19(25)7-6-17(21-23)16-4-2-1-3-5-16/h1-7H,8-15H2/t20-/m0/s1. The molecule has 1 atom stereocenters. The number of hydrogen-bond acceptors (Lipinski definition) is 4. The van der Waals surface area contributed by atoms with Gasteiger partial charge in [0.15, 0.2) is 0 Å². The van der Waals surface area contributed by atoms with Crippen LogP contribution in [0.1, 0.15) is 19.3 Å². The van der Waals surface area contributed by atoms with Crippen molar-refractivity contribution in [1.82, 2.24) is 14.7 Å². The Bertz CT molecular complexity index is 841. The minimum atomic E-state index is -0.145. The summed E-state index contributed by atoms with van der Waals surface area (Å²) in [4.78, 5) is 26.4. The molecule has 2 saturated heterocycles. The van der Waals surface area contributed by atoms with Crippen LogP contribution in [0.5, 0.6) is 0 Å². The molecule has 0 bridgehead atoms. The molecule has 0 aliphatic carbocycles. The first-order valence-electron chi connectivity index (χ1n) is 9.14. The number of hydrogen-bond donors (Lipinski definition) is 0. The summed E-state index contributed by atoms with van der Waals surface area (Å²) >= 11 is 0. The summed E-state index contributed by atoms with van der Waals surface area (Å²) in [6.07, 6.45) is 2.48. The van der Waals surface area contributed by atoms with Crippen molar-refractivity contribution in [2.75, 3.05) is 26.3 Å². The van der Waals surface area contributed by atoms with Crippen molar-refractivity contribution in [2.24, 2.45) is 5.41 Å². The van der Waals surface area contributed by atoms with E-state index in [-0.39, 0.29) is 16.9 Å². The second kappa shape index (κ2) is 7.03. The third-order valence-electron chi connectivity index (χ3n) is 5.45. The summed E-state index contributed by atoms with van der Waals surface area (Å²) < 4.78 is 7.02. The molecule has 26 heavy (non-hydrogen) atoms. The number of benzene rings is 1. The van der Waals surface area contributed by atoms with E-state index in [0.717, 1.165) is 43.9 Å². The molecule has 2 aliphatic heterocycles. The first kappa shape index (κ1) is 17.0. The molecule has 136 valence electrons. The van der Waals surface area contributed by atoms with Crippen LogP contribution in [-0.4, -0.2) is 46.9 Å². The number of piperidine rings is 1. The lowest BCUT2D eigenvalue weighted by Crippen LogP contribution is -2.48. The Labute approximate surface area is 152 Å². The number of rotatable bonds is 4. The Morgan fingerprint density at radius 3 is 2.65 bits per heavy atom. The van der Waals surface area contributed by atoms with E-state index in [4.69, 9.17) is 4.74 Å². The van der Waals surface area contributed by atoms with Gasteiger partial charge in [0.05, 0.1) is 18.8 Å². The van der Waals surface area contributed by atoms with Gasteiger partial charge in [-0.2, -0.15) is 5.10 Å². The van der Waals surface area contributed by atoms with E-state index in [0.29, 0.717) is 19.5 Å². The number of ether oxygens (including phenoxy) is 1. The summed E-state index contributed by atoms with van der Waals surface area (Å²) in [6, 6.07) is 13.1. The highest BCUT2D eigenvalue weighted by Gasteiger charge is 2.41. The quantitative estimate of drug-likeness (QED) is 0.843. The molecule has 0 unspecified atom stereocenters. The van der Waals surface area contributed by atoms with Crippen molar-refractivity contribution in [3.05, 3.63) is 52.8 Å². The van der Waals surface area contributed by atoms with Crippen LogP contribution in [-0.2, 0) is 16.1 Å². The van der Waals surface area contributed by atoms with Crippen molar-refractivity contribution in [3.8, 4) is 11.3 Å². The highest BCUT2D eigenvalue weighted by atomic mass is 16.5. The molecule has 0 N–H and O–H groups in total. The van der Waals surface area contributed by atoms with Gasteiger partial charge in [-0.25, -0.2) is 4.68 Å². The molecule has 6 nitrogen and oxygen atoms in total. The zero-order chi connectivity index (χ0) is 18.0. The van der Waals surface area contributed by atoms with Gasteiger partial charge in [-0.05, 0) is 18.9 Å². The predicted molar refractivity (Wildman–Crippen MR) is 97.6 cm³/mol. The van der Waals surface area contributed by atoms with Gasteiger partial charge in [-0.1, -0.05) is 30.3 Å². The largest absolute Gasteiger partial charge is 0.381 e. The lowest BCUT2D eigenvalue weighted by molar-refractivity contribution is -0.137. The van der Waals surface area contributed by atoms with Crippen LogP contribution >= 0.6 is 0 Å². The Kier molecular flexibility index (Phi) is 4.59. The molecule has 0 radical (unpaired) electrons. The second-order valence-corrected chi connectivity index (χ2v) is 7.26. The van der Waals surface area contributed by atoms with Gasteiger partial charge < -0.3 is 9.64 Å². The van der Waals surface area contributed by atoms with E-state index in [1.165, 1.54) is 4.68 Å². The number of nitrogens with zero attached hydrogens (tertiary/aromatic N) is 3. The van der Waals surface area contributed by atoms with Crippen LogP contribution < -0.4 is 5.56 Å². The van der Waals surface area contributed by atoms with Crippen LogP contribution in [0.3, 0.4) is 0 Å². The number of carbonyl (C=O) groups is 1. The fourth-order valence-electron chi connectivity index (χ4n) is 3.86. The molecule has 4 rings (SSSR count). The first-order valence-corrected chi connectivity index (χ1v) is 9.14. The van der Waals surface area contributed by atoms with Gasteiger partial charge in [0.25, 0.3) is 5.56 Å². The van der Waals surface area contributed by atoms with Crippen molar-refractivity contribution < 1.29 is 9.53 Å². The summed E-state index contributed by atoms with van der Waals surface area (Å²) in [6.45, 7) is 3.15. The number of aromatic nitrogens is 2. The molecular formula is C20H23N3O3. The van der Waals surface area contributed by atoms with E-state index in [1.807, 2.05) is 35.2 Å². The zero-order valence-corrected chi connectivity index (χ0v) is 14.8. The van der Waals surface area contributed by atoms with Gasteiger partial charge in [-0.15, -0.1) is 0 Å². The van der Waals surface area contributed by atoms with E-state index in [2.05, 4.69) is 5.10 Å². The lowest BCUT2D eigenvalue weighted by atomic mass is 9.79. The van der Waals surface area contributed by atoms with Crippen molar-refractivity contribution in [1.29, 1.82) is 0 Å². The van der Waals surface area contributed by atoms with E-state index in [9.17, 15) is 9.59 Å². The Morgan fingerprint density at radius 1 is 1.04 bits per heavy atom. The molecule has 2 aromatic rings. The van der Waals surface area contributed by atoms with E-state index in [1.54, 1.807) is 12.1 Å². The molecule has 2 aliphatic rings. The third kappa shape index (κ3) is 3.42. The van der Waals surface area contributed by atoms with Crippen molar-refractivity contribution in [3.63, 3.8) is 0 Å². The number of likely N-dealkylation sites (tertiary alicyclic amines) is 1. The minimum Gasteiger partial charge on any atom is -0.381 e. The highest BCUT2D eigenvalue weighted by Crippen LogP contribution is 2.37. The summed E-state index contributed by atoms with van der Waals surface area (Å²) in [7, 11) is 0. The maximum Gasteiger partial charge on any atom is 0.266 e. The van der Waals surface area contributed by atoms with Crippen molar-refractivity contribution in [2.45, 2.75) is 25.8 Å². The Hall–Kier alpha value is -2.47. The average Bonchev–Trinajstić information content (AvgIpc) is 3.12. The van der Waals surface area contributed by atoms with Crippen LogP contribution in [0.25, 0.3) is 11.3 Å². The Morgan fingerprint density at radius 2 is 1.88 bits per heavy atom. The molecule has 3 heterocycles. The smallest absolute Gasteiger partial charge is 0.266 e. The maximum absolute atomic E-state index is 12.3.